The lowest BCUT2D eigenvalue weighted by atomic mass is 9.93. The first-order valence-electron chi connectivity index (χ1n) is 6.17. The Labute approximate surface area is 107 Å². The Morgan fingerprint density at radius 3 is 3.00 bits per heavy atom. The van der Waals surface area contributed by atoms with Crippen molar-refractivity contribution in [3.05, 3.63) is 59.4 Å². The first-order chi connectivity index (χ1) is 8.74. The number of hydrogen-bond acceptors (Lipinski definition) is 3. The third kappa shape index (κ3) is 1.97. The van der Waals surface area contributed by atoms with E-state index in [9.17, 15) is 0 Å². The van der Waals surface area contributed by atoms with Crippen molar-refractivity contribution in [2.75, 3.05) is 0 Å². The number of fused-ring (bicyclic) bond motifs is 1. The molecule has 0 saturated heterocycles. The van der Waals surface area contributed by atoms with Gasteiger partial charge in [0, 0.05) is 36.0 Å². The molecule has 0 saturated carbocycles. The predicted molar refractivity (Wildman–Crippen MR) is 70.3 cm³/mol. The van der Waals surface area contributed by atoms with Crippen LogP contribution in [0.4, 0.5) is 0 Å². The molecule has 2 unspecified atom stereocenters. The van der Waals surface area contributed by atoms with Crippen molar-refractivity contribution >= 4 is 0 Å². The Morgan fingerprint density at radius 2 is 2.22 bits per heavy atom. The van der Waals surface area contributed by atoms with Crippen LogP contribution >= 0.6 is 0 Å². The highest BCUT2D eigenvalue weighted by Gasteiger charge is 2.27. The number of hydrogen-bond donors (Lipinski definition) is 1. The lowest BCUT2D eigenvalue weighted by Crippen LogP contribution is -2.24. The molecule has 2 aromatic rings. The largest absolute Gasteiger partial charge is 0.485 e. The molecule has 0 radical (unpaired) electrons. The second kappa shape index (κ2) is 4.42. The highest BCUT2D eigenvalue weighted by Crippen LogP contribution is 2.39. The van der Waals surface area contributed by atoms with Crippen LogP contribution in [0.15, 0.2) is 42.7 Å². The van der Waals surface area contributed by atoms with E-state index in [1.807, 2.05) is 24.4 Å². The molecule has 3 nitrogen and oxygen atoms in total. The van der Waals surface area contributed by atoms with Crippen LogP contribution in [0.25, 0.3) is 0 Å². The lowest BCUT2D eigenvalue weighted by molar-refractivity contribution is 0.161. The van der Waals surface area contributed by atoms with Gasteiger partial charge in [0.2, 0.25) is 0 Å². The van der Waals surface area contributed by atoms with Crippen molar-refractivity contribution < 1.29 is 4.74 Å². The van der Waals surface area contributed by atoms with Crippen LogP contribution < -0.4 is 10.5 Å². The Kier molecular flexibility index (Phi) is 2.76. The number of nitrogens with two attached hydrogens (primary N) is 1. The smallest absolute Gasteiger partial charge is 0.127 e. The van der Waals surface area contributed by atoms with E-state index in [4.69, 9.17) is 10.5 Å². The number of aryl methyl sites for hydroxylation is 1. The molecule has 1 aromatic heterocycles. The van der Waals surface area contributed by atoms with Crippen LogP contribution in [-0.2, 0) is 0 Å². The molecule has 0 bridgehead atoms. The van der Waals surface area contributed by atoms with Gasteiger partial charge in [0.15, 0.2) is 0 Å². The molecule has 0 aliphatic carbocycles. The summed E-state index contributed by atoms with van der Waals surface area (Å²) in [6.45, 7) is 2.07. The van der Waals surface area contributed by atoms with Crippen LogP contribution in [0.2, 0.25) is 0 Å². The monoisotopic (exact) mass is 240 g/mol. The van der Waals surface area contributed by atoms with Crippen molar-refractivity contribution in [2.45, 2.75) is 25.5 Å². The van der Waals surface area contributed by atoms with Gasteiger partial charge in [-0.25, -0.2) is 0 Å². The third-order valence-electron chi connectivity index (χ3n) is 3.36. The van der Waals surface area contributed by atoms with Gasteiger partial charge in [-0.1, -0.05) is 23.8 Å². The summed E-state index contributed by atoms with van der Waals surface area (Å²) >= 11 is 0. The minimum Gasteiger partial charge on any atom is -0.485 e. The van der Waals surface area contributed by atoms with E-state index in [0.717, 1.165) is 23.3 Å². The maximum absolute atomic E-state index is 6.24. The molecular formula is C15H16N2O. The summed E-state index contributed by atoms with van der Waals surface area (Å²) in [6, 6.07) is 10.2. The fraction of sp³-hybridized carbons (Fsp3) is 0.267. The van der Waals surface area contributed by atoms with Crippen molar-refractivity contribution in [1.82, 2.24) is 4.98 Å². The molecule has 1 aromatic carbocycles. The summed E-state index contributed by atoms with van der Waals surface area (Å²) in [5, 5.41) is 0. The van der Waals surface area contributed by atoms with Gasteiger partial charge in [-0.05, 0) is 19.1 Å². The van der Waals surface area contributed by atoms with Crippen molar-refractivity contribution in [3.63, 3.8) is 0 Å². The average molecular weight is 240 g/mol. The molecule has 2 N–H and O–H groups in total. The van der Waals surface area contributed by atoms with Crippen LogP contribution in [0.1, 0.15) is 35.3 Å². The number of nitrogens with zero attached hydrogens (tertiary/aromatic N) is 1. The van der Waals surface area contributed by atoms with Crippen molar-refractivity contribution in [2.24, 2.45) is 5.73 Å². The van der Waals surface area contributed by atoms with E-state index in [2.05, 4.69) is 24.0 Å². The fourth-order valence-electron chi connectivity index (χ4n) is 2.39. The Bertz CT molecular complexity index is 554. The zero-order valence-corrected chi connectivity index (χ0v) is 10.3. The van der Waals surface area contributed by atoms with E-state index in [-0.39, 0.29) is 12.1 Å². The first kappa shape index (κ1) is 11.2. The Balaban J connectivity index is 1.95. The molecule has 1 aliphatic heterocycles. The molecule has 1 aliphatic rings. The predicted octanol–water partition coefficient (Wildman–Crippen LogP) is 2.91. The molecule has 3 heteroatoms. The Hall–Kier alpha value is -1.87. The molecule has 2 atom stereocenters. The van der Waals surface area contributed by atoms with E-state index >= 15 is 0 Å². The van der Waals surface area contributed by atoms with E-state index < -0.39 is 0 Å². The topological polar surface area (TPSA) is 48.1 Å². The highest BCUT2D eigenvalue weighted by molar-refractivity contribution is 5.41. The molecular weight excluding hydrogens is 224 g/mol. The molecule has 92 valence electrons. The van der Waals surface area contributed by atoms with Gasteiger partial charge in [0.05, 0.1) is 0 Å². The molecule has 0 amide bonds. The maximum atomic E-state index is 6.24. The van der Waals surface area contributed by atoms with Crippen LogP contribution in [0.3, 0.4) is 0 Å². The quantitative estimate of drug-likeness (QED) is 0.833. The summed E-state index contributed by atoms with van der Waals surface area (Å²) in [5.41, 5.74) is 9.65. The molecule has 0 spiro atoms. The first-order valence-corrected chi connectivity index (χ1v) is 6.17. The van der Waals surface area contributed by atoms with Gasteiger partial charge in [-0.2, -0.15) is 0 Å². The number of pyridine rings is 1. The zero-order valence-electron chi connectivity index (χ0n) is 10.3. The summed E-state index contributed by atoms with van der Waals surface area (Å²) in [5.74, 6) is 0.896. The molecule has 3 rings (SSSR count). The number of aromatic nitrogens is 1. The van der Waals surface area contributed by atoms with Crippen molar-refractivity contribution in [1.29, 1.82) is 0 Å². The van der Waals surface area contributed by atoms with Crippen LogP contribution in [0, 0.1) is 6.92 Å². The lowest BCUT2D eigenvalue weighted by Gasteiger charge is -2.30. The maximum Gasteiger partial charge on any atom is 0.127 e. The summed E-state index contributed by atoms with van der Waals surface area (Å²) < 4.78 is 6.02. The van der Waals surface area contributed by atoms with Gasteiger partial charge >= 0.3 is 0 Å². The normalized spacial score (nSPS) is 22.1. The van der Waals surface area contributed by atoms with Gasteiger partial charge in [0.25, 0.3) is 0 Å². The second-order valence-electron chi connectivity index (χ2n) is 4.78. The standard InChI is InChI=1S/C15H16N2O/c1-10-4-5-14-12(7-10)13(16)8-15(18-14)11-3-2-6-17-9-11/h2-7,9,13,15H,8,16H2,1H3. The summed E-state index contributed by atoms with van der Waals surface area (Å²) in [4.78, 5) is 4.13. The van der Waals surface area contributed by atoms with E-state index in [0.29, 0.717) is 0 Å². The van der Waals surface area contributed by atoms with Gasteiger partial charge < -0.3 is 10.5 Å². The van der Waals surface area contributed by atoms with E-state index in [1.54, 1.807) is 6.20 Å². The molecule has 0 fully saturated rings. The second-order valence-corrected chi connectivity index (χ2v) is 4.78. The van der Waals surface area contributed by atoms with Gasteiger partial charge in [-0.3, -0.25) is 4.98 Å². The van der Waals surface area contributed by atoms with Gasteiger partial charge in [0.1, 0.15) is 11.9 Å². The number of benzene rings is 1. The van der Waals surface area contributed by atoms with Crippen molar-refractivity contribution in [3.8, 4) is 5.75 Å². The zero-order chi connectivity index (χ0) is 12.5. The third-order valence-corrected chi connectivity index (χ3v) is 3.36. The molecule has 2 heterocycles. The van der Waals surface area contributed by atoms with Gasteiger partial charge in [-0.15, -0.1) is 0 Å². The van der Waals surface area contributed by atoms with Crippen LogP contribution in [0.5, 0.6) is 5.75 Å². The fourth-order valence-corrected chi connectivity index (χ4v) is 2.39. The summed E-state index contributed by atoms with van der Waals surface area (Å²) in [7, 11) is 0. The highest BCUT2D eigenvalue weighted by atomic mass is 16.5. The van der Waals surface area contributed by atoms with Crippen LogP contribution in [-0.4, -0.2) is 4.98 Å². The average Bonchev–Trinajstić information content (AvgIpc) is 2.40. The number of rotatable bonds is 1. The SMILES string of the molecule is Cc1ccc2c(c1)C(N)CC(c1cccnc1)O2. The molecule has 18 heavy (non-hydrogen) atoms. The Morgan fingerprint density at radius 1 is 1.33 bits per heavy atom. The van der Waals surface area contributed by atoms with E-state index in [1.165, 1.54) is 5.56 Å². The minimum atomic E-state index is 0.00362. The number of ether oxygens (including phenoxy) is 1. The minimum absolute atomic E-state index is 0.00362. The summed E-state index contributed by atoms with van der Waals surface area (Å²) in [6.07, 6.45) is 4.41.